The molecule has 0 aromatic heterocycles. The summed E-state index contributed by atoms with van der Waals surface area (Å²) in [5.74, 6) is -8.40. The number of esters is 1. The third-order valence-electron chi connectivity index (χ3n) is 5.65. The zero-order chi connectivity index (χ0) is 24.4. The molecular weight excluding hydrogens is 447 g/mol. The summed E-state index contributed by atoms with van der Waals surface area (Å²) in [6, 6.07) is 9.83. The molecule has 0 radical (unpaired) electrons. The lowest BCUT2D eigenvalue weighted by atomic mass is 9.77. The largest absolute Gasteiger partial charge is 0.460 e. The molecule has 1 amide bonds. The number of allylic oxidation sites excluding steroid dienone is 2. The molecule has 1 N–H and O–H groups in total. The van der Waals surface area contributed by atoms with Crippen molar-refractivity contribution in [3.63, 3.8) is 0 Å². The van der Waals surface area contributed by atoms with E-state index in [4.69, 9.17) is 4.74 Å². The highest BCUT2D eigenvalue weighted by molar-refractivity contribution is 6.45. The van der Waals surface area contributed by atoms with Gasteiger partial charge in [0.1, 0.15) is 17.8 Å². The van der Waals surface area contributed by atoms with Crippen molar-refractivity contribution in [3.05, 3.63) is 94.3 Å². The van der Waals surface area contributed by atoms with Crippen LogP contribution in [0, 0.1) is 33.7 Å². The number of hydrogen-bond acceptors (Lipinski definition) is 7. The molecule has 0 unspecified atom stereocenters. The fourth-order valence-corrected chi connectivity index (χ4v) is 4.03. The van der Waals surface area contributed by atoms with Crippen LogP contribution in [-0.2, 0) is 19.1 Å². The number of ketones is 2. The van der Waals surface area contributed by atoms with Crippen molar-refractivity contribution < 1.29 is 33.2 Å². The van der Waals surface area contributed by atoms with Crippen molar-refractivity contribution in [2.75, 3.05) is 5.32 Å². The number of anilines is 1. The molecule has 10 heteroatoms. The van der Waals surface area contributed by atoms with Crippen LogP contribution in [0.4, 0.5) is 15.8 Å². The summed E-state index contributed by atoms with van der Waals surface area (Å²) in [6.07, 6.45) is 5.05. The van der Waals surface area contributed by atoms with E-state index in [1.807, 2.05) is 0 Å². The van der Waals surface area contributed by atoms with Crippen molar-refractivity contribution in [1.82, 2.24) is 0 Å². The van der Waals surface area contributed by atoms with Gasteiger partial charge in [-0.3, -0.25) is 29.3 Å². The molecule has 1 heterocycles. The number of nitrogens with zero attached hydrogens (tertiary/aromatic N) is 1. The number of benzene rings is 2. The minimum absolute atomic E-state index is 0.0496. The minimum Gasteiger partial charge on any atom is -0.460 e. The van der Waals surface area contributed by atoms with Gasteiger partial charge in [0.2, 0.25) is 5.78 Å². The van der Waals surface area contributed by atoms with Gasteiger partial charge < -0.3 is 10.1 Å². The standard InChI is InChI=1S/C24H17FN2O7/c25-18-11-4-3-10-17(18)20(28)19(22-15-8-1-2-9-16(15)24(31)34-22)21(29)23(30)26-13-6-5-7-14(12-13)27(32)33/h1-12,15-16,19,22H,(H,26,30)/t15-,16+,19-,22-/m1/s1. The van der Waals surface area contributed by atoms with Gasteiger partial charge in [-0.1, -0.05) is 42.5 Å². The number of hydrogen-bond donors (Lipinski definition) is 1. The van der Waals surface area contributed by atoms with E-state index in [1.54, 1.807) is 24.3 Å². The average Bonchev–Trinajstić information content (AvgIpc) is 3.15. The number of nitro benzene ring substituents is 1. The molecule has 9 nitrogen and oxygen atoms in total. The normalized spacial score (nSPS) is 21.3. The average molecular weight is 464 g/mol. The molecule has 4 rings (SSSR count). The second-order valence-electron chi connectivity index (χ2n) is 7.72. The molecule has 1 fully saturated rings. The Morgan fingerprint density at radius 3 is 2.53 bits per heavy atom. The van der Waals surface area contributed by atoms with E-state index < -0.39 is 63.6 Å². The summed E-state index contributed by atoms with van der Waals surface area (Å²) >= 11 is 0. The Morgan fingerprint density at radius 2 is 1.79 bits per heavy atom. The predicted octanol–water partition coefficient (Wildman–Crippen LogP) is 3.02. The summed E-state index contributed by atoms with van der Waals surface area (Å²) in [7, 11) is 0. The molecule has 34 heavy (non-hydrogen) atoms. The number of amides is 1. The molecule has 2 aromatic rings. The summed E-state index contributed by atoms with van der Waals surface area (Å²) in [4.78, 5) is 62.0. The molecule has 0 saturated carbocycles. The maximum Gasteiger partial charge on any atom is 0.313 e. The van der Waals surface area contributed by atoms with E-state index in [2.05, 4.69) is 5.32 Å². The van der Waals surface area contributed by atoms with Crippen LogP contribution in [-0.4, -0.2) is 34.5 Å². The Balaban J connectivity index is 1.68. The van der Waals surface area contributed by atoms with Gasteiger partial charge in [-0.05, 0) is 18.2 Å². The Morgan fingerprint density at radius 1 is 1.06 bits per heavy atom. The van der Waals surface area contributed by atoms with Crippen LogP contribution in [0.3, 0.4) is 0 Å². The SMILES string of the molecule is O=C(Nc1cccc([N+](=O)[O-])c1)C(=O)[C@@H](C(=O)c1ccccc1F)[C@@H]1OC(=O)[C@H]2C=CC=C[C@@H]12. The third-order valence-corrected chi connectivity index (χ3v) is 5.65. The number of carbonyl (C=O) groups is 4. The van der Waals surface area contributed by atoms with Crippen LogP contribution >= 0.6 is 0 Å². The van der Waals surface area contributed by atoms with E-state index in [0.717, 1.165) is 12.1 Å². The zero-order valence-corrected chi connectivity index (χ0v) is 17.4. The number of ether oxygens (including phenoxy) is 1. The first-order chi connectivity index (χ1) is 16.3. The Bertz CT molecular complexity index is 1270. The molecule has 1 saturated heterocycles. The minimum atomic E-state index is -1.83. The monoisotopic (exact) mass is 464 g/mol. The molecule has 172 valence electrons. The highest BCUT2D eigenvalue weighted by Gasteiger charge is 2.52. The van der Waals surface area contributed by atoms with Gasteiger partial charge in [-0.15, -0.1) is 0 Å². The van der Waals surface area contributed by atoms with Crippen LogP contribution in [0.15, 0.2) is 72.8 Å². The predicted molar refractivity (Wildman–Crippen MR) is 116 cm³/mol. The fourth-order valence-electron chi connectivity index (χ4n) is 4.03. The lowest BCUT2D eigenvalue weighted by Crippen LogP contribution is -2.44. The van der Waals surface area contributed by atoms with Gasteiger partial charge >= 0.3 is 5.97 Å². The van der Waals surface area contributed by atoms with Crippen molar-refractivity contribution >= 4 is 34.8 Å². The number of rotatable bonds is 7. The van der Waals surface area contributed by atoms with Gasteiger partial charge in [0.15, 0.2) is 5.78 Å². The maximum atomic E-state index is 14.4. The second kappa shape index (κ2) is 9.18. The summed E-state index contributed by atoms with van der Waals surface area (Å²) in [5.41, 5.74) is -0.804. The first-order valence-electron chi connectivity index (χ1n) is 10.2. The van der Waals surface area contributed by atoms with Gasteiger partial charge in [0.25, 0.3) is 11.6 Å². The Labute approximate surface area is 192 Å². The first kappa shape index (κ1) is 22.7. The first-order valence-corrected chi connectivity index (χ1v) is 10.2. The highest BCUT2D eigenvalue weighted by atomic mass is 19.1. The van der Waals surface area contributed by atoms with Crippen molar-refractivity contribution in [1.29, 1.82) is 0 Å². The zero-order valence-electron chi connectivity index (χ0n) is 17.4. The number of fused-ring (bicyclic) bond motifs is 1. The van der Waals surface area contributed by atoms with E-state index in [1.165, 1.54) is 36.4 Å². The summed E-state index contributed by atoms with van der Waals surface area (Å²) < 4.78 is 19.7. The van der Waals surface area contributed by atoms with E-state index in [0.29, 0.717) is 0 Å². The summed E-state index contributed by atoms with van der Waals surface area (Å²) in [5, 5.41) is 13.2. The van der Waals surface area contributed by atoms with Gasteiger partial charge in [0.05, 0.1) is 16.4 Å². The molecule has 2 aliphatic rings. The number of Topliss-reactive ketones (excluding diaryl/α,β-unsaturated/α-hetero) is 2. The molecule has 0 bridgehead atoms. The molecule has 4 atom stereocenters. The second-order valence-corrected chi connectivity index (χ2v) is 7.72. The van der Waals surface area contributed by atoms with Crippen LogP contribution in [0.25, 0.3) is 0 Å². The lowest BCUT2D eigenvalue weighted by molar-refractivity contribution is -0.384. The molecule has 1 aliphatic heterocycles. The van der Waals surface area contributed by atoms with E-state index in [-0.39, 0.29) is 11.4 Å². The summed E-state index contributed by atoms with van der Waals surface area (Å²) in [6.45, 7) is 0. The van der Waals surface area contributed by atoms with Gasteiger partial charge in [-0.2, -0.15) is 0 Å². The highest BCUT2D eigenvalue weighted by Crippen LogP contribution is 2.38. The van der Waals surface area contributed by atoms with E-state index in [9.17, 15) is 33.7 Å². The molecular formula is C24H17FN2O7. The number of carbonyl (C=O) groups excluding carboxylic acids is 4. The number of nitro groups is 1. The Hall–Kier alpha value is -4.47. The van der Waals surface area contributed by atoms with Gasteiger partial charge in [-0.25, -0.2) is 4.39 Å². The Kier molecular flexibility index (Phi) is 6.13. The van der Waals surface area contributed by atoms with E-state index >= 15 is 0 Å². The van der Waals surface area contributed by atoms with Crippen LogP contribution in [0.2, 0.25) is 0 Å². The molecule has 0 spiro atoms. The number of cyclic esters (lactones) is 1. The topological polar surface area (TPSA) is 133 Å². The number of halogens is 1. The van der Waals surface area contributed by atoms with Crippen LogP contribution < -0.4 is 5.32 Å². The van der Waals surface area contributed by atoms with Crippen molar-refractivity contribution in [2.24, 2.45) is 17.8 Å². The van der Waals surface area contributed by atoms with Crippen LogP contribution in [0.1, 0.15) is 10.4 Å². The van der Waals surface area contributed by atoms with Gasteiger partial charge in [0, 0.05) is 23.7 Å². The fraction of sp³-hybridized carbons (Fsp3) is 0.167. The molecule has 1 aliphatic carbocycles. The third kappa shape index (κ3) is 4.25. The van der Waals surface area contributed by atoms with Crippen molar-refractivity contribution in [3.8, 4) is 0 Å². The van der Waals surface area contributed by atoms with Crippen LogP contribution in [0.5, 0.6) is 0 Å². The quantitative estimate of drug-likeness (QED) is 0.166. The maximum absolute atomic E-state index is 14.4. The number of non-ortho nitro benzene ring substituents is 1. The lowest BCUT2D eigenvalue weighted by Gasteiger charge is -2.25. The van der Waals surface area contributed by atoms with Crippen molar-refractivity contribution in [2.45, 2.75) is 6.10 Å². The molecule has 2 aromatic carbocycles. The smallest absolute Gasteiger partial charge is 0.313 e. The number of nitrogens with one attached hydrogen (secondary N) is 1.